The van der Waals surface area contributed by atoms with Crippen LogP contribution in [0.15, 0.2) is 42.5 Å². The molecule has 0 aromatic heterocycles. The van der Waals surface area contributed by atoms with Crippen LogP contribution < -0.4 is 16.0 Å². The van der Waals surface area contributed by atoms with Gasteiger partial charge in [0.25, 0.3) is 5.91 Å². The lowest BCUT2D eigenvalue weighted by Gasteiger charge is -2.35. The number of benzene rings is 2. The highest BCUT2D eigenvalue weighted by Crippen LogP contribution is 2.49. The summed E-state index contributed by atoms with van der Waals surface area (Å²) in [5.74, 6) is 0.263. The number of amides is 2. The molecule has 6 nitrogen and oxygen atoms in total. The second-order valence-electron chi connectivity index (χ2n) is 11.4. The summed E-state index contributed by atoms with van der Waals surface area (Å²) in [7, 11) is 1.74. The van der Waals surface area contributed by atoms with Crippen molar-refractivity contribution in [1.29, 1.82) is 0 Å². The molecular weight excluding hydrogens is 438 g/mol. The van der Waals surface area contributed by atoms with Gasteiger partial charge in [-0.15, -0.1) is 0 Å². The van der Waals surface area contributed by atoms with Crippen LogP contribution in [0.3, 0.4) is 0 Å². The summed E-state index contributed by atoms with van der Waals surface area (Å²) in [5.41, 5.74) is 0.270. The average Bonchev–Trinajstić information content (AvgIpc) is 3.43. The third kappa shape index (κ3) is 5.13. The minimum Gasteiger partial charge on any atom is -0.349 e. The van der Waals surface area contributed by atoms with Gasteiger partial charge in [-0.2, -0.15) is 0 Å². The summed E-state index contributed by atoms with van der Waals surface area (Å²) in [6.07, 6.45) is 3.73. The van der Waals surface area contributed by atoms with E-state index < -0.39 is 11.5 Å². The first-order valence-corrected chi connectivity index (χ1v) is 12.9. The van der Waals surface area contributed by atoms with Gasteiger partial charge in [0.05, 0.1) is 12.1 Å². The predicted molar refractivity (Wildman–Crippen MR) is 139 cm³/mol. The molecule has 0 heterocycles. The molecule has 2 aromatic carbocycles. The SMILES string of the molecule is CN[C@@H](C)C(=O)N[C@H](C(=O)C1CC[C@H]2CC[C@H](NC(=O)c3cccc4ccccc34)[C@@H]12)C(C)(C)C. The second-order valence-corrected chi connectivity index (χ2v) is 11.4. The maximum absolute atomic E-state index is 13.9. The van der Waals surface area contributed by atoms with Crippen LogP contribution in [-0.4, -0.2) is 42.8 Å². The molecular formula is C29H39N3O3. The van der Waals surface area contributed by atoms with Crippen LogP contribution in [0.4, 0.5) is 0 Å². The van der Waals surface area contributed by atoms with Crippen LogP contribution in [0.5, 0.6) is 0 Å². The quantitative estimate of drug-likeness (QED) is 0.561. The van der Waals surface area contributed by atoms with Gasteiger partial charge in [-0.25, -0.2) is 0 Å². The van der Waals surface area contributed by atoms with E-state index in [4.69, 9.17) is 0 Å². The van der Waals surface area contributed by atoms with Crippen molar-refractivity contribution in [1.82, 2.24) is 16.0 Å². The van der Waals surface area contributed by atoms with Gasteiger partial charge in [0.2, 0.25) is 5.91 Å². The van der Waals surface area contributed by atoms with Gasteiger partial charge in [-0.3, -0.25) is 14.4 Å². The van der Waals surface area contributed by atoms with E-state index in [-0.39, 0.29) is 41.5 Å². The standard InChI is InChI=1S/C29H39N3O3/c1-17(30-5)27(34)32-26(29(2,3)4)25(33)22-15-13-19-14-16-23(24(19)22)31-28(35)21-12-8-10-18-9-6-7-11-20(18)21/h6-12,17,19,22-24,26,30H,13-16H2,1-5H3,(H,31,35)(H,32,34)/t17-,19-,22?,23-,24+,26+/m0/s1. The Bertz CT molecular complexity index is 1100. The van der Waals surface area contributed by atoms with Gasteiger partial charge in [-0.05, 0) is 73.7 Å². The molecule has 2 amide bonds. The van der Waals surface area contributed by atoms with Crippen molar-refractivity contribution in [2.24, 2.45) is 23.2 Å². The number of fused-ring (bicyclic) bond motifs is 2. The molecule has 2 saturated carbocycles. The van der Waals surface area contributed by atoms with Crippen molar-refractivity contribution in [3.05, 3.63) is 48.0 Å². The fraction of sp³-hybridized carbons (Fsp3) is 0.552. The Hall–Kier alpha value is -2.73. The van der Waals surface area contributed by atoms with E-state index in [0.29, 0.717) is 11.5 Å². The number of ketones is 1. The molecule has 188 valence electrons. The third-order valence-electron chi connectivity index (χ3n) is 8.15. The summed E-state index contributed by atoms with van der Waals surface area (Å²) in [6.45, 7) is 7.79. The first kappa shape index (κ1) is 25.4. The molecule has 3 N–H and O–H groups in total. The molecule has 6 atom stereocenters. The minimum absolute atomic E-state index is 0.0320. The Kier molecular flexibility index (Phi) is 7.32. The molecule has 0 aliphatic heterocycles. The maximum atomic E-state index is 13.9. The molecule has 4 rings (SSSR count). The van der Waals surface area contributed by atoms with Crippen LogP contribution in [-0.2, 0) is 9.59 Å². The molecule has 2 aromatic rings. The summed E-state index contributed by atoms with van der Waals surface area (Å²) in [4.78, 5) is 39.9. The number of carbonyl (C=O) groups is 3. The molecule has 0 bridgehead atoms. The molecule has 2 aliphatic carbocycles. The van der Waals surface area contributed by atoms with Crippen molar-refractivity contribution >= 4 is 28.4 Å². The molecule has 2 aliphatic rings. The summed E-state index contributed by atoms with van der Waals surface area (Å²) < 4.78 is 0. The van der Waals surface area contributed by atoms with Crippen molar-refractivity contribution < 1.29 is 14.4 Å². The van der Waals surface area contributed by atoms with Crippen molar-refractivity contribution in [2.75, 3.05) is 7.05 Å². The van der Waals surface area contributed by atoms with Gasteiger partial charge in [0, 0.05) is 17.5 Å². The van der Waals surface area contributed by atoms with Crippen LogP contribution in [0.2, 0.25) is 0 Å². The van der Waals surface area contributed by atoms with Gasteiger partial charge in [0.15, 0.2) is 5.78 Å². The third-order valence-corrected chi connectivity index (χ3v) is 8.15. The van der Waals surface area contributed by atoms with E-state index in [0.717, 1.165) is 36.5 Å². The van der Waals surface area contributed by atoms with Crippen molar-refractivity contribution in [2.45, 2.75) is 71.5 Å². The first-order valence-electron chi connectivity index (χ1n) is 12.9. The number of likely N-dealkylation sites (N-methyl/N-ethyl adjacent to an activating group) is 1. The Morgan fingerprint density at radius 2 is 1.63 bits per heavy atom. The second kappa shape index (κ2) is 10.1. The minimum atomic E-state index is -0.565. The van der Waals surface area contributed by atoms with E-state index in [1.165, 1.54) is 0 Å². The highest BCUT2D eigenvalue weighted by Gasteiger charge is 2.51. The molecule has 35 heavy (non-hydrogen) atoms. The van der Waals surface area contributed by atoms with E-state index in [9.17, 15) is 14.4 Å². The molecule has 6 heteroatoms. The van der Waals surface area contributed by atoms with Crippen LogP contribution in [0, 0.1) is 23.2 Å². The highest BCUT2D eigenvalue weighted by molar-refractivity contribution is 6.07. The van der Waals surface area contributed by atoms with Gasteiger partial charge in [0.1, 0.15) is 0 Å². The molecule has 1 unspecified atom stereocenters. The summed E-state index contributed by atoms with van der Waals surface area (Å²) in [6, 6.07) is 12.7. The normalized spacial score (nSPS) is 25.6. The molecule has 0 radical (unpaired) electrons. The number of rotatable bonds is 7. The average molecular weight is 478 g/mol. The first-order chi connectivity index (χ1) is 16.6. The summed E-state index contributed by atoms with van der Waals surface area (Å²) in [5, 5.41) is 11.3. The maximum Gasteiger partial charge on any atom is 0.252 e. The zero-order valence-electron chi connectivity index (χ0n) is 21.6. The lowest BCUT2D eigenvalue weighted by atomic mass is 9.76. The van der Waals surface area contributed by atoms with Gasteiger partial charge < -0.3 is 16.0 Å². The molecule has 2 fully saturated rings. The zero-order valence-corrected chi connectivity index (χ0v) is 21.6. The number of Topliss-reactive ketones (excluding diaryl/α,β-unsaturated/α-hetero) is 1. The van der Waals surface area contributed by atoms with Crippen LogP contribution in [0.1, 0.15) is 63.7 Å². The fourth-order valence-electron chi connectivity index (χ4n) is 6.14. The van der Waals surface area contributed by atoms with Crippen LogP contribution >= 0.6 is 0 Å². The Balaban J connectivity index is 1.54. The smallest absolute Gasteiger partial charge is 0.252 e. The van der Waals surface area contributed by atoms with E-state index >= 15 is 0 Å². The summed E-state index contributed by atoms with van der Waals surface area (Å²) >= 11 is 0. The van der Waals surface area contributed by atoms with Crippen molar-refractivity contribution in [3.63, 3.8) is 0 Å². The predicted octanol–water partition coefficient (Wildman–Crippen LogP) is 4.08. The Morgan fingerprint density at radius 3 is 2.34 bits per heavy atom. The topological polar surface area (TPSA) is 87.3 Å². The molecule has 0 saturated heterocycles. The van der Waals surface area contributed by atoms with Gasteiger partial charge >= 0.3 is 0 Å². The van der Waals surface area contributed by atoms with Crippen molar-refractivity contribution in [3.8, 4) is 0 Å². The van der Waals surface area contributed by atoms with E-state index in [1.54, 1.807) is 14.0 Å². The molecule has 0 spiro atoms. The lowest BCUT2D eigenvalue weighted by Crippen LogP contribution is -2.56. The van der Waals surface area contributed by atoms with E-state index in [2.05, 4.69) is 16.0 Å². The largest absolute Gasteiger partial charge is 0.349 e. The Labute approximate surface area is 208 Å². The number of hydrogen-bond acceptors (Lipinski definition) is 4. The lowest BCUT2D eigenvalue weighted by molar-refractivity contribution is -0.134. The fourth-order valence-corrected chi connectivity index (χ4v) is 6.14. The van der Waals surface area contributed by atoms with Gasteiger partial charge in [-0.1, -0.05) is 57.2 Å². The Morgan fingerprint density at radius 1 is 0.943 bits per heavy atom. The number of carbonyl (C=O) groups excluding carboxylic acids is 3. The number of hydrogen-bond donors (Lipinski definition) is 3. The zero-order chi connectivity index (χ0) is 25.3. The monoisotopic (exact) mass is 477 g/mol. The highest BCUT2D eigenvalue weighted by atomic mass is 16.2. The van der Waals surface area contributed by atoms with E-state index in [1.807, 2.05) is 63.2 Å². The number of nitrogens with one attached hydrogen (secondary N) is 3. The van der Waals surface area contributed by atoms with Crippen LogP contribution in [0.25, 0.3) is 10.8 Å².